The fourth-order valence-electron chi connectivity index (χ4n) is 1.31. The molecule has 0 N–H and O–H groups in total. The van der Waals surface area contributed by atoms with Crippen LogP contribution in [-0.2, 0) is 0 Å². The fraction of sp³-hybridized carbons (Fsp3) is 0.182. The predicted molar refractivity (Wildman–Crippen MR) is 72.5 cm³/mol. The molecule has 0 aliphatic heterocycles. The minimum absolute atomic E-state index is 0.478. The van der Waals surface area contributed by atoms with E-state index in [1.165, 1.54) is 0 Å². The maximum absolute atomic E-state index is 6.02. The van der Waals surface area contributed by atoms with Gasteiger partial charge in [0, 0.05) is 5.69 Å². The number of rotatable bonds is 1. The smallest absolute Gasteiger partial charge is 0.179 e. The minimum Gasteiger partial charge on any atom is -0.250 e. The molecule has 0 radical (unpaired) electrons. The van der Waals surface area contributed by atoms with Crippen molar-refractivity contribution in [1.82, 2.24) is 15.0 Å². The molecule has 0 aromatic carbocycles. The van der Waals surface area contributed by atoms with Crippen LogP contribution in [0.4, 0.5) is 0 Å². The van der Waals surface area contributed by atoms with Gasteiger partial charge in [-0.2, -0.15) is 0 Å². The van der Waals surface area contributed by atoms with Crippen LogP contribution >= 0.6 is 34.2 Å². The summed E-state index contributed by atoms with van der Waals surface area (Å²) in [5.41, 5.74) is 2.56. The Morgan fingerprint density at radius 2 is 1.88 bits per heavy atom. The van der Waals surface area contributed by atoms with Crippen LogP contribution in [-0.4, -0.2) is 15.0 Å². The first kappa shape index (κ1) is 11.7. The van der Waals surface area contributed by atoms with Crippen LogP contribution in [0, 0.1) is 17.4 Å². The Morgan fingerprint density at radius 3 is 2.50 bits per heavy atom. The molecule has 0 saturated heterocycles. The van der Waals surface area contributed by atoms with E-state index in [4.69, 9.17) is 11.6 Å². The molecule has 0 aliphatic carbocycles. The average Bonchev–Trinajstić information content (AvgIpc) is 2.25. The summed E-state index contributed by atoms with van der Waals surface area (Å²) in [5.74, 6) is 0.576. The molecule has 0 unspecified atom stereocenters. The van der Waals surface area contributed by atoms with Crippen molar-refractivity contribution >= 4 is 34.2 Å². The molecule has 3 nitrogen and oxygen atoms in total. The Kier molecular flexibility index (Phi) is 3.39. The summed E-state index contributed by atoms with van der Waals surface area (Å²) >= 11 is 8.16. The molecule has 2 rings (SSSR count). The van der Waals surface area contributed by atoms with Crippen molar-refractivity contribution in [3.63, 3.8) is 0 Å². The van der Waals surface area contributed by atoms with Crippen molar-refractivity contribution in [1.29, 1.82) is 0 Å². The van der Waals surface area contributed by atoms with Gasteiger partial charge in [-0.05, 0) is 48.6 Å². The Labute approximate surface area is 112 Å². The zero-order valence-electron chi connectivity index (χ0n) is 8.83. The van der Waals surface area contributed by atoms with E-state index in [9.17, 15) is 0 Å². The monoisotopic (exact) mass is 345 g/mol. The van der Waals surface area contributed by atoms with Crippen molar-refractivity contribution in [3.8, 4) is 11.5 Å². The number of pyridine rings is 1. The van der Waals surface area contributed by atoms with Gasteiger partial charge >= 0.3 is 0 Å². The zero-order chi connectivity index (χ0) is 11.7. The third-order valence-corrected chi connectivity index (χ3v) is 3.98. The van der Waals surface area contributed by atoms with E-state index < -0.39 is 0 Å². The van der Waals surface area contributed by atoms with E-state index in [0.717, 1.165) is 20.7 Å². The van der Waals surface area contributed by atoms with Gasteiger partial charge in [0.2, 0.25) is 0 Å². The van der Waals surface area contributed by atoms with E-state index >= 15 is 0 Å². The van der Waals surface area contributed by atoms with Crippen LogP contribution in [0.3, 0.4) is 0 Å². The molecule has 82 valence electrons. The lowest BCUT2D eigenvalue weighted by Gasteiger charge is -2.04. The number of halogens is 2. The number of aromatic nitrogens is 3. The van der Waals surface area contributed by atoms with Crippen LogP contribution in [0.5, 0.6) is 0 Å². The number of hydrogen-bond donors (Lipinski definition) is 0. The molecule has 2 aromatic heterocycles. The molecule has 0 fully saturated rings. The summed E-state index contributed by atoms with van der Waals surface area (Å²) in [6, 6.07) is 5.75. The second-order valence-electron chi connectivity index (χ2n) is 3.40. The fourth-order valence-corrected chi connectivity index (χ4v) is 1.76. The van der Waals surface area contributed by atoms with Crippen LogP contribution < -0.4 is 0 Å². The average molecular weight is 346 g/mol. The van der Waals surface area contributed by atoms with Crippen molar-refractivity contribution < 1.29 is 0 Å². The van der Waals surface area contributed by atoms with Crippen LogP contribution in [0.2, 0.25) is 5.15 Å². The molecule has 0 saturated carbocycles. The normalized spacial score (nSPS) is 10.5. The number of aryl methyl sites for hydroxylation is 2. The van der Waals surface area contributed by atoms with E-state index in [1.54, 1.807) is 0 Å². The maximum Gasteiger partial charge on any atom is 0.179 e. The molecule has 0 aliphatic rings. The van der Waals surface area contributed by atoms with Crippen molar-refractivity contribution in [3.05, 3.63) is 38.3 Å². The number of hydrogen-bond acceptors (Lipinski definition) is 3. The molecular weight excluding hydrogens is 336 g/mol. The second-order valence-corrected chi connectivity index (χ2v) is 4.84. The highest BCUT2D eigenvalue weighted by molar-refractivity contribution is 14.1. The van der Waals surface area contributed by atoms with E-state index in [1.807, 2.05) is 32.0 Å². The Balaban J connectivity index is 2.57. The summed E-state index contributed by atoms with van der Waals surface area (Å²) < 4.78 is 0.885. The molecule has 16 heavy (non-hydrogen) atoms. The molecular formula is C11H9ClIN3. The summed E-state index contributed by atoms with van der Waals surface area (Å²) in [6.07, 6.45) is 0. The van der Waals surface area contributed by atoms with E-state index in [0.29, 0.717) is 11.0 Å². The Morgan fingerprint density at radius 1 is 1.12 bits per heavy atom. The second kappa shape index (κ2) is 4.63. The Hall–Kier alpha value is -0.750. The van der Waals surface area contributed by atoms with Gasteiger partial charge in [-0.3, -0.25) is 0 Å². The quantitative estimate of drug-likeness (QED) is 0.587. The highest BCUT2D eigenvalue weighted by Crippen LogP contribution is 2.22. The predicted octanol–water partition coefficient (Wildman–Crippen LogP) is 3.41. The van der Waals surface area contributed by atoms with Crippen molar-refractivity contribution in [2.45, 2.75) is 13.8 Å². The highest BCUT2D eigenvalue weighted by atomic mass is 127. The summed E-state index contributed by atoms with van der Waals surface area (Å²) in [7, 11) is 0. The van der Waals surface area contributed by atoms with Crippen LogP contribution in [0.1, 0.15) is 11.4 Å². The maximum atomic E-state index is 6.02. The van der Waals surface area contributed by atoms with Gasteiger partial charge in [-0.1, -0.05) is 17.7 Å². The van der Waals surface area contributed by atoms with Gasteiger partial charge in [0.15, 0.2) is 5.82 Å². The summed E-state index contributed by atoms with van der Waals surface area (Å²) in [4.78, 5) is 13.0. The van der Waals surface area contributed by atoms with Gasteiger partial charge in [-0.25, -0.2) is 15.0 Å². The summed E-state index contributed by atoms with van der Waals surface area (Å²) in [6.45, 7) is 3.85. The molecule has 5 heteroatoms. The first-order chi connectivity index (χ1) is 7.58. The molecule has 2 aromatic rings. The van der Waals surface area contributed by atoms with Crippen LogP contribution in [0.25, 0.3) is 11.5 Å². The number of nitrogens with zero attached hydrogens (tertiary/aromatic N) is 3. The van der Waals surface area contributed by atoms with Gasteiger partial charge in [0.25, 0.3) is 0 Å². The Bertz CT molecular complexity index is 519. The molecule has 0 atom stereocenters. The lowest BCUT2D eigenvalue weighted by atomic mass is 10.3. The third kappa shape index (κ3) is 2.32. The van der Waals surface area contributed by atoms with Gasteiger partial charge in [0.05, 0.1) is 9.26 Å². The van der Waals surface area contributed by atoms with Gasteiger partial charge < -0.3 is 0 Å². The minimum atomic E-state index is 0.478. The molecule has 0 bridgehead atoms. The molecule has 0 spiro atoms. The SMILES string of the molecule is Cc1cccc(-c2nc(C)c(I)c(Cl)n2)n1. The lowest BCUT2D eigenvalue weighted by Crippen LogP contribution is -1.98. The summed E-state index contributed by atoms with van der Waals surface area (Å²) in [5, 5.41) is 0.478. The van der Waals surface area contributed by atoms with E-state index in [2.05, 4.69) is 37.5 Å². The van der Waals surface area contributed by atoms with Crippen molar-refractivity contribution in [2.75, 3.05) is 0 Å². The standard InChI is InChI=1S/C11H9ClIN3/c1-6-4-3-5-8(14-6)11-15-7(2)9(13)10(12)16-11/h3-5H,1-2H3. The molecule has 0 amide bonds. The van der Waals surface area contributed by atoms with Crippen molar-refractivity contribution in [2.24, 2.45) is 0 Å². The van der Waals surface area contributed by atoms with Gasteiger partial charge in [-0.15, -0.1) is 0 Å². The third-order valence-electron chi connectivity index (χ3n) is 2.09. The largest absolute Gasteiger partial charge is 0.250 e. The topological polar surface area (TPSA) is 38.7 Å². The van der Waals surface area contributed by atoms with Gasteiger partial charge in [0.1, 0.15) is 10.8 Å². The molecule has 2 heterocycles. The first-order valence-electron chi connectivity index (χ1n) is 4.71. The van der Waals surface area contributed by atoms with Crippen LogP contribution in [0.15, 0.2) is 18.2 Å². The first-order valence-corrected chi connectivity index (χ1v) is 6.17. The highest BCUT2D eigenvalue weighted by Gasteiger charge is 2.09. The lowest BCUT2D eigenvalue weighted by molar-refractivity contribution is 1.06. The van der Waals surface area contributed by atoms with E-state index in [-0.39, 0.29) is 0 Å². The zero-order valence-corrected chi connectivity index (χ0v) is 11.7.